The number of nitrogens with two attached hydrogens (primary N) is 1. The van der Waals surface area contributed by atoms with Crippen molar-refractivity contribution in [2.45, 2.75) is 30.6 Å². The van der Waals surface area contributed by atoms with E-state index in [4.69, 9.17) is 9.88 Å². The summed E-state index contributed by atoms with van der Waals surface area (Å²) < 4.78 is 30.5. The van der Waals surface area contributed by atoms with E-state index < -0.39 is 16.0 Å². The smallest absolute Gasteiger partial charge is 0.358 e. The number of hydrogen-bond acceptors (Lipinski definition) is 6. The number of nitrogens with one attached hydrogen (secondary N) is 2. The molecule has 0 aliphatic carbocycles. The molecule has 2 heterocycles. The van der Waals surface area contributed by atoms with Gasteiger partial charge in [-0.3, -0.25) is 5.32 Å². The van der Waals surface area contributed by atoms with Crippen LogP contribution in [-0.4, -0.2) is 45.3 Å². The van der Waals surface area contributed by atoms with Crippen LogP contribution in [0, 0.1) is 0 Å². The fourth-order valence-corrected chi connectivity index (χ4v) is 4.11. The minimum atomic E-state index is -4.07. The molecule has 0 radical (unpaired) electrons. The molecule has 0 bridgehead atoms. The highest BCUT2D eigenvalue weighted by molar-refractivity contribution is 7.89. The van der Waals surface area contributed by atoms with E-state index >= 15 is 0 Å². The van der Waals surface area contributed by atoms with Gasteiger partial charge >= 0.3 is 5.97 Å². The maximum Gasteiger partial charge on any atom is 0.358 e. The Labute approximate surface area is 165 Å². The van der Waals surface area contributed by atoms with Crippen molar-refractivity contribution in [3.8, 4) is 5.69 Å². The van der Waals surface area contributed by atoms with Gasteiger partial charge in [-0.15, -0.1) is 0 Å². The molecule has 8 nitrogen and oxygen atoms in total. The Hall–Kier alpha value is -2.20. The van der Waals surface area contributed by atoms with Crippen molar-refractivity contribution in [3.05, 3.63) is 47.8 Å². The summed E-state index contributed by atoms with van der Waals surface area (Å²) in [5.74, 6) is -0.248. The van der Waals surface area contributed by atoms with Gasteiger partial charge in [0.15, 0.2) is 5.69 Å². The maximum atomic E-state index is 12.5. The summed E-state index contributed by atoms with van der Waals surface area (Å²) in [6, 6.07) is 9.13. The first kappa shape index (κ1) is 20.5. The maximum absolute atomic E-state index is 12.5. The fourth-order valence-electron chi connectivity index (χ4n) is 3.41. The zero-order chi connectivity index (χ0) is 20.1. The van der Waals surface area contributed by atoms with Crippen LogP contribution < -0.4 is 15.8 Å². The zero-order valence-electron chi connectivity index (χ0n) is 15.8. The van der Waals surface area contributed by atoms with Crippen LogP contribution in [0.15, 0.2) is 41.4 Å². The molecule has 1 aromatic heterocycles. The van der Waals surface area contributed by atoms with E-state index in [-0.39, 0.29) is 17.3 Å². The molecule has 0 spiro atoms. The fraction of sp³-hybridized carbons (Fsp3) is 0.421. The lowest BCUT2D eigenvalue weighted by atomic mass is 9.90. The summed E-state index contributed by atoms with van der Waals surface area (Å²) >= 11 is 0. The monoisotopic (exact) mass is 406 g/mol. The highest BCUT2D eigenvalue weighted by atomic mass is 32.2. The predicted molar refractivity (Wildman–Crippen MR) is 106 cm³/mol. The van der Waals surface area contributed by atoms with Crippen LogP contribution in [-0.2, 0) is 14.8 Å². The average Bonchev–Trinajstić information content (AvgIpc) is 3.15. The molecule has 152 valence electrons. The van der Waals surface area contributed by atoms with E-state index in [1.807, 2.05) is 31.2 Å². The molecule has 3 rings (SSSR count). The molecule has 1 fully saturated rings. The van der Waals surface area contributed by atoms with Crippen LogP contribution in [0.3, 0.4) is 0 Å². The summed E-state index contributed by atoms with van der Waals surface area (Å²) in [6.07, 6.45) is 3.68. The van der Waals surface area contributed by atoms with Crippen LogP contribution in [0.4, 0.5) is 0 Å². The van der Waals surface area contributed by atoms with Crippen LogP contribution in [0.5, 0.6) is 0 Å². The van der Waals surface area contributed by atoms with E-state index in [1.54, 1.807) is 0 Å². The quantitative estimate of drug-likeness (QED) is 0.363. The standard InChI is InChI=1S/C19H26N4O4S/c1-2-21-13-27-19(24)18-17(28(20,25)26)9-12-23(18)16-5-3-14(4-6-16)15-7-10-22-11-8-15/h3-6,9,12,15,21-22H,2,7-8,10-11,13H2,1H3,(H2,20,25,26). The predicted octanol–water partition coefficient (Wildman–Crippen LogP) is 1.32. The third-order valence-corrected chi connectivity index (χ3v) is 5.83. The SMILES string of the molecule is CCNCOC(=O)c1c(S(N)(=O)=O)ccn1-c1ccc(C2CCNCC2)cc1. The number of carbonyl (C=O) groups excluding carboxylic acids is 1. The molecule has 0 atom stereocenters. The first-order valence-electron chi connectivity index (χ1n) is 9.35. The van der Waals surface area contributed by atoms with Crippen molar-refractivity contribution in [2.24, 2.45) is 5.14 Å². The molecular weight excluding hydrogens is 380 g/mol. The number of piperidine rings is 1. The Kier molecular flexibility index (Phi) is 6.50. The Morgan fingerprint density at radius 2 is 1.93 bits per heavy atom. The summed E-state index contributed by atoms with van der Waals surface area (Å²) in [5.41, 5.74) is 1.80. The van der Waals surface area contributed by atoms with E-state index in [2.05, 4.69) is 10.6 Å². The van der Waals surface area contributed by atoms with Crippen LogP contribution in [0.1, 0.15) is 41.7 Å². The van der Waals surface area contributed by atoms with Gasteiger partial charge in [0.25, 0.3) is 0 Å². The van der Waals surface area contributed by atoms with Gasteiger partial charge in [0.1, 0.15) is 11.6 Å². The van der Waals surface area contributed by atoms with Crippen molar-refractivity contribution in [1.82, 2.24) is 15.2 Å². The minimum absolute atomic E-state index is 0.0147. The summed E-state index contributed by atoms with van der Waals surface area (Å²) in [5, 5.41) is 11.5. The number of nitrogens with zero attached hydrogens (tertiary/aromatic N) is 1. The molecule has 1 saturated heterocycles. The van der Waals surface area contributed by atoms with Crippen LogP contribution in [0.25, 0.3) is 5.69 Å². The largest absolute Gasteiger partial charge is 0.445 e. The number of hydrogen-bond donors (Lipinski definition) is 3. The first-order chi connectivity index (χ1) is 13.4. The number of rotatable bonds is 7. The molecule has 1 aliphatic rings. The molecule has 0 amide bonds. The van der Waals surface area contributed by atoms with Gasteiger partial charge in [-0.2, -0.15) is 0 Å². The van der Waals surface area contributed by atoms with E-state index in [9.17, 15) is 13.2 Å². The number of esters is 1. The zero-order valence-corrected chi connectivity index (χ0v) is 16.7. The van der Waals surface area contributed by atoms with Crippen LogP contribution in [0.2, 0.25) is 0 Å². The number of aromatic nitrogens is 1. The average molecular weight is 407 g/mol. The lowest BCUT2D eigenvalue weighted by molar-refractivity contribution is 0.0461. The van der Waals surface area contributed by atoms with Crippen molar-refractivity contribution >= 4 is 16.0 Å². The van der Waals surface area contributed by atoms with Crippen LogP contribution >= 0.6 is 0 Å². The van der Waals surface area contributed by atoms with Gasteiger partial charge in [-0.25, -0.2) is 18.4 Å². The second-order valence-electron chi connectivity index (χ2n) is 6.74. The Bertz CT molecular complexity index is 916. The van der Waals surface area contributed by atoms with Gasteiger partial charge in [0.05, 0.1) is 0 Å². The normalized spacial score (nSPS) is 15.5. The lowest BCUT2D eigenvalue weighted by Gasteiger charge is -2.23. The summed E-state index contributed by atoms with van der Waals surface area (Å²) in [6.45, 7) is 4.48. The minimum Gasteiger partial charge on any atom is -0.445 e. The first-order valence-corrected chi connectivity index (χ1v) is 10.9. The molecule has 4 N–H and O–H groups in total. The molecule has 9 heteroatoms. The van der Waals surface area contributed by atoms with Crippen molar-refractivity contribution in [2.75, 3.05) is 26.4 Å². The lowest BCUT2D eigenvalue weighted by Crippen LogP contribution is -2.26. The third-order valence-electron chi connectivity index (χ3n) is 4.89. The van der Waals surface area contributed by atoms with Crippen molar-refractivity contribution in [1.29, 1.82) is 0 Å². The highest BCUT2D eigenvalue weighted by Gasteiger charge is 2.26. The van der Waals surface area contributed by atoms with Gasteiger partial charge < -0.3 is 14.6 Å². The highest BCUT2D eigenvalue weighted by Crippen LogP contribution is 2.27. The Morgan fingerprint density at radius 1 is 1.25 bits per heavy atom. The second kappa shape index (κ2) is 8.87. The number of ether oxygens (including phenoxy) is 1. The van der Waals surface area contributed by atoms with Gasteiger partial charge in [-0.05, 0) is 62.2 Å². The van der Waals surface area contributed by atoms with E-state index in [0.29, 0.717) is 18.2 Å². The molecule has 0 unspecified atom stereocenters. The summed E-state index contributed by atoms with van der Waals surface area (Å²) in [4.78, 5) is 12.3. The molecule has 2 aromatic rings. The van der Waals surface area contributed by atoms with Crippen molar-refractivity contribution < 1.29 is 17.9 Å². The number of benzene rings is 1. The number of carbonyl (C=O) groups is 1. The third kappa shape index (κ3) is 4.61. The van der Waals surface area contributed by atoms with E-state index in [1.165, 1.54) is 22.4 Å². The molecule has 28 heavy (non-hydrogen) atoms. The number of primary sulfonamides is 1. The molecular formula is C19H26N4O4S. The molecule has 0 saturated carbocycles. The Balaban J connectivity index is 1.92. The van der Waals surface area contributed by atoms with Crippen molar-refractivity contribution in [3.63, 3.8) is 0 Å². The molecule has 1 aliphatic heterocycles. The van der Waals surface area contributed by atoms with Gasteiger partial charge in [0.2, 0.25) is 10.0 Å². The topological polar surface area (TPSA) is 115 Å². The van der Waals surface area contributed by atoms with E-state index in [0.717, 1.165) is 25.9 Å². The Morgan fingerprint density at radius 3 is 2.54 bits per heavy atom. The second-order valence-corrected chi connectivity index (χ2v) is 8.27. The molecule has 1 aromatic carbocycles. The van der Waals surface area contributed by atoms with Gasteiger partial charge in [-0.1, -0.05) is 19.1 Å². The number of sulfonamides is 1. The van der Waals surface area contributed by atoms with Gasteiger partial charge in [0, 0.05) is 11.9 Å². The summed E-state index contributed by atoms with van der Waals surface area (Å²) in [7, 11) is -4.07.